The van der Waals surface area contributed by atoms with Crippen molar-refractivity contribution in [2.75, 3.05) is 12.4 Å². The van der Waals surface area contributed by atoms with Gasteiger partial charge in [-0.05, 0) is 42.8 Å². The van der Waals surface area contributed by atoms with Crippen LogP contribution < -0.4 is 20.0 Å². The Hall–Kier alpha value is -3.70. The number of methoxy groups -OCH3 is 1. The monoisotopic (exact) mass is 487 g/mol. The van der Waals surface area contributed by atoms with Gasteiger partial charge in [0.05, 0.1) is 19.2 Å². The summed E-state index contributed by atoms with van der Waals surface area (Å²) in [5.41, 5.74) is 7.11. The van der Waals surface area contributed by atoms with Gasteiger partial charge in [-0.2, -0.15) is 8.42 Å². The molecular weight excluding hydrogens is 466 g/mol. The minimum absolute atomic E-state index is 0.00391. The molecule has 0 aliphatic rings. The van der Waals surface area contributed by atoms with Gasteiger partial charge in [0.25, 0.3) is 0 Å². The number of ether oxygens (including phenoxy) is 1. The van der Waals surface area contributed by atoms with Gasteiger partial charge in [0.15, 0.2) is 16.6 Å². The van der Waals surface area contributed by atoms with Gasteiger partial charge in [-0.25, -0.2) is 4.98 Å². The molecule has 0 fully saturated rings. The highest BCUT2D eigenvalue weighted by molar-refractivity contribution is 7.87. The topological polar surface area (TPSA) is 138 Å². The van der Waals surface area contributed by atoms with Crippen LogP contribution in [0.15, 0.2) is 58.8 Å². The van der Waals surface area contributed by atoms with Crippen molar-refractivity contribution >= 4 is 44.5 Å². The molecule has 3 rings (SSSR count). The van der Waals surface area contributed by atoms with Gasteiger partial charge in [0.1, 0.15) is 4.90 Å². The second kappa shape index (κ2) is 10.3. The van der Waals surface area contributed by atoms with Crippen molar-refractivity contribution < 1.29 is 26.9 Å². The summed E-state index contributed by atoms with van der Waals surface area (Å²) in [6.07, 6.45) is 2.80. The quantitative estimate of drug-likeness (QED) is 0.350. The molecule has 0 saturated heterocycles. The number of nitrogens with one attached hydrogen (secondary N) is 1. The Morgan fingerprint density at radius 2 is 1.88 bits per heavy atom. The van der Waals surface area contributed by atoms with E-state index in [-0.39, 0.29) is 22.8 Å². The molecular formula is C22H21N3O6S2. The van der Waals surface area contributed by atoms with E-state index in [0.29, 0.717) is 16.4 Å². The fourth-order valence-corrected chi connectivity index (χ4v) is 4.32. The fourth-order valence-electron chi connectivity index (χ4n) is 2.67. The molecule has 172 valence electrons. The van der Waals surface area contributed by atoms with E-state index >= 15 is 0 Å². The van der Waals surface area contributed by atoms with Gasteiger partial charge in [-0.15, -0.1) is 11.3 Å². The van der Waals surface area contributed by atoms with Crippen LogP contribution in [-0.2, 0) is 26.1 Å². The number of anilines is 1. The molecule has 0 spiro atoms. The molecule has 0 bridgehead atoms. The number of aromatic nitrogens is 1. The van der Waals surface area contributed by atoms with Gasteiger partial charge < -0.3 is 14.7 Å². The molecule has 9 nitrogen and oxygen atoms in total. The number of amides is 2. The van der Waals surface area contributed by atoms with Crippen LogP contribution in [-0.4, -0.2) is 32.3 Å². The number of hydrogen-bond donors (Lipinski definition) is 2. The lowest BCUT2D eigenvalue weighted by Crippen LogP contribution is -2.14. The zero-order chi connectivity index (χ0) is 24.0. The Kier molecular flexibility index (Phi) is 7.46. The van der Waals surface area contributed by atoms with Crippen molar-refractivity contribution in [1.29, 1.82) is 0 Å². The third-order valence-corrected chi connectivity index (χ3v) is 6.32. The first-order valence-electron chi connectivity index (χ1n) is 9.57. The number of carbonyl (C=O) groups is 2. The highest BCUT2D eigenvalue weighted by Gasteiger charge is 2.19. The van der Waals surface area contributed by atoms with Gasteiger partial charge in [-0.3, -0.25) is 14.9 Å². The van der Waals surface area contributed by atoms with E-state index < -0.39 is 21.9 Å². The molecule has 0 radical (unpaired) electrons. The number of carbonyl (C=O) groups excluding carboxylic acids is 2. The summed E-state index contributed by atoms with van der Waals surface area (Å²) in [5.74, 6) is -0.740. The van der Waals surface area contributed by atoms with Gasteiger partial charge in [0, 0.05) is 11.5 Å². The van der Waals surface area contributed by atoms with Crippen molar-refractivity contribution in [3.8, 4) is 11.5 Å². The highest BCUT2D eigenvalue weighted by atomic mass is 32.2. The Morgan fingerprint density at radius 3 is 2.55 bits per heavy atom. The number of thiazole rings is 1. The normalized spacial score (nSPS) is 11.3. The second-order valence-corrected chi connectivity index (χ2v) is 9.27. The molecule has 2 amide bonds. The van der Waals surface area contributed by atoms with E-state index in [2.05, 4.69) is 10.3 Å². The van der Waals surface area contributed by atoms with Crippen LogP contribution in [0.5, 0.6) is 11.5 Å². The minimum atomic E-state index is -4.04. The molecule has 11 heteroatoms. The molecule has 3 N–H and O–H groups in total. The Balaban J connectivity index is 1.69. The van der Waals surface area contributed by atoms with E-state index in [1.165, 1.54) is 54.9 Å². The third-order valence-electron chi connectivity index (χ3n) is 4.26. The van der Waals surface area contributed by atoms with E-state index in [4.69, 9.17) is 14.7 Å². The number of benzene rings is 2. The standard InChI is InChI=1S/C22H21N3O6S2/c1-14-3-7-17(8-4-14)33(28,29)31-18-9-5-15(11-19(18)30-2)6-10-21(27)25-22-24-16(13-32-22)12-20(23)26/h3-11,13H,12H2,1-2H3,(H2,23,26)(H,24,25,27). The van der Waals surface area contributed by atoms with E-state index in [1.54, 1.807) is 23.6 Å². The van der Waals surface area contributed by atoms with Crippen LogP contribution in [0.25, 0.3) is 6.08 Å². The predicted molar refractivity (Wildman–Crippen MR) is 125 cm³/mol. The molecule has 1 aromatic heterocycles. The van der Waals surface area contributed by atoms with Crippen LogP contribution in [0.3, 0.4) is 0 Å². The van der Waals surface area contributed by atoms with Crippen LogP contribution in [0.4, 0.5) is 5.13 Å². The Morgan fingerprint density at radius 1 is 1.15 bits per heavy atom. The van der Waals surface area contributed by atoms with Crippen molar-refractivity contribution in [3.05, 3.63) is 70.7 Å². The molecule has 1 heterocycles. The summed E-state index contributed by atoms with van der Waals surface area (Å²) in [4.78, 5) is 27.2. The highest BCUT2D eigenvalue weighted by Crippen LogP contribution is 2.31. The number of rotatable bonds is 9. The van der Waals surface area contributed by atoms with Crippen LogP contribution >= 0.6 is 11.3 Å². The lowest BCUT2D eigenvalue weighted by atomic mass is 10.2. The SMILES string of the molecule is COc1cc(C=CC(=O)Nc2nc(CC(N)=O)cs2)ccc1OS(=O)(=O)c1ccc(C)cc1. The summed E-state index contributed by atoms with van der Waals surface area (Å²) in [7, 11) is -2.66. The van der Waals surface area contributed by atoms with Crippen molar-refractivity contribution in [3.63, 3.8) is 0 Å². The number of nitrogens with two attached hydrogens (primary N) is 1. The van der Waals surface area contributed by atoms with Crippen molar-refractivity contribution in [1.82, 2.24) is 4.98 Å². The maximum Gasteiger partial charge on any atom is 0.339 e. The van der Waals surface area contributed by atoms with Crippen LogP contribution in [0.1, 0.15) is 16.8 Å². The van der Waals surface area contributed by atoms with Crippen LogP contribution in [0.2, 0.25) is 0 Å². The second-order valence-electron chi connectivity index (χ2n) is 6.87. The van der Waals surface area contributed by atoms with Crippen molar-refractivity contribution in [2.24, 2.45) is 5.73 Å². The lowest BCUT2D eigenvalue weighted by Gasteiger charge is -2.11. The first-order chi connectivity index (χ1) is 15.7. The van der Waals surface area contributed by atoms with Crippen molar-refractivity contribution in [2.45, 2.75) is 18.2 Å². The average Bonchev–Trinajstić information content (AvgIpc) is 3.18. The number of hydrogen-bond acceptors (Lipinski definition) is 8. The lowest BCUT2D eigenvalue weighted by molar-refractivity contribution is -0.117. The molecule has 3 aromatic rings. The zero-order valence-corrected chi connectivity index (χ0v) is 19.4. The number of primary amides is 1. The molecule has 2 aromatic carbocycles. The maximum atomic E-state index is 12.5. The molecule has 0 aliphatic carbocycles. The largest absolute Gasteiger partial charge is 0.493 e. The number of nitrogens with zero attached hydrogens (tertiary/aromatic N) is 1. The summed E-state index contributed by atoms with van der Waals surface area (Å²) >= 11 is 1.18. The molecule has 0 atom stereocenters. The minimum Gasteiger partial charge on any atom is -0.493 e. The Labute approximate surface area is 195 Å². The maximum absolute atomic E-state index is 12.5. The van der Waals surface area contributed by atoms with E-state index in [9.17, 15) is 18.0 Å². The van der Waals surface area contributed by atoms with E-state index in [0.717, 1.165) is 5.56 Å². The molecule has 0 saturated carbocycles. The Bertz CT molecular complexity index is 1300. The summed E-state index contributed by atoms with van der Waals surface area (Å²) in [5, 5.41) is 4.57. The summed E-state index contributed by atoms with van der Waals surface area (Å²) in [6.45, 7) is 1.85. The molecule has 33 heavy (non-hydrogen) atoms. The zero-order valence-electron chi connectivity index (χ0n) is 17.8. The molecule has 0 unspecified atom stereocenters. The average molecular weight is 488 g/mol. The smallest absolute Gasteiger partial charge is 0.339 e. The fraction of sp³-hybridized carbons (Fsp3) is 0.136. The number of aryl methyl sites for hydroxylation is 1. The van der Waals surface area contributed by atoms with Gasteiger partial charge in [-0.1, -0.05) is 23.8 Å². The van der Waals surface area contributed by atoms with Gasteiger partial charge in [0.2, 0.25) is 11.8 Å². The third kappa shape index (κ3) is 6.64. The summed E-state index contributed by atoms with van der Waals surface area (Å²) in [6, 6.07) is 10.9. The first kappa shape index (κ1) is 24.0. The van der Waals surface area contributed by atoms with Crippen LogP contribution in [0, 0.1) is 6.92 Å². The first-order valence-corrected chi connectivity index (χ1v) is 11.9. The molecule has 0 aliphatic heterocycles. The van der Waals surface area contributed by atoms with Gasteiger partial charge >= 0.3 is 10.1 Å². The van der Waals surface area contributed by atoms with E-state index in [1.807, 2.05) is 6.92 Å². The summed E-state index contributed by atoms with van der Waals surface area (Å²) < 4.78 is 35.6. The predicted octanol–water partition coefficient (Wildman–Crippen LogP) is 2.91.